The summed E-state index contributed by atoms with van der Waals surface area (Å²) in [7, 11) is 2.11. The minimum Gasteiger partial charge on any atom is -0.316 e. The van der Waals surface area contributed by atoms with Crippen molar-refractivity contribution in [1.82, 2.24) is 10.3 Å². The first-order valence-electron chi connectivity index (χ1n) is 7.31. The van der Waals surface area contributed by atoms with Crippen LogP contribution in [-0.4, -0.2) is 18.1 Å². The number of aryl methyl sites for hydroxylation is 1. The van der Waals surface area contributed by atoms with E-state index in [1.54, 1.807) is 11.3 Å². The van der Waals surface area contributed by atoms with Gasteiger partial charge < -0.3 is 5.32 Å². The van der Waals surface area contributed by atoms with Crippen molar-refractivity contribution in [3.05, 3.63) is 16.1 Å². The van der Waals surface area contributed by atoms with Gasteiger partial charge >= 0.3 is 0 Å². The van der Waals surface area contributed by atoms with Gasteiger partial charge in [0, 0.05) is 17.8 Å². The smallest absolute Gasteiger partial charge is 0.0897 e. The van der Waals surface area contributed by atoms with Crippen molar-refractivity contribution in [2.24, 2.45) is 11.8 Å². The van der Waals surface area contributed by atoms with Gasteiger partial charge in [0.25, 0.3) is 0 Å². The van der Waals surface area contributed by atoms with Gasteiger partial charge in [-0.3, -0.25) is 0 Å². The Kier molecular flexibility index (Phi) is 5.19. The molecule has 1 aromatic heterocycles. The topological polar surface area (TPSA) is 24.9 Å². The first-order chi connectivity index (χ1) is 8.72. The molecule has 3 heteroatoms. The summed E-state index contributed by atoms with van der Waals surface area (Å²) in [6, 6.07) is 0.612. The van der Waals surface area contributed by atoms with E-state index in [0.717, 1.165) is 18.3 Å². The maximum Gasteiger partial charge on any atom is 0.0897 e. The van der Waals surface area contributed by atoms with Crippen LogP contribution in [0.4, 0.5) is 0 Å². The molecule has 1 aliphatic carbocycles. The summed E-state index contributed by atoms with van der Waals surface area (Å²) in [4.78, 5) is 4.61. The first-order valence-corrected chi connectivity index (χ1v) is 8.19. The maximum absolute atomic E-state index is 4.61. The molecule has 1 saturated carbocycles. The van der Waals surface area contributed by atoms with E-state index in [1.165, 1.54) is 42.8 Å². The van der Waals surface area contributed by atoms with E-state index in [4.69, 9.17) is 0 Å². The van der Waals surface area contributed by atoms with Crippen LogP contribution in [0.2, 0.25) is 0 Å². The molecule has 102 valence electrons. The summed E-state index contributed by atoms with van der Waals surface area (Å²) >= 11 is 1.77. The zero-order valence-electron chi connectivity index (χ0n) is 11.9. The molecule has 18 heavy (non-hydrogen) atoms. The maximum atomic E-state index is 4.61. The highest BCUT2D eigenvalue weighted by atomic mass is 32.1. The molecule has 0 aromatic carbocycles. The molecule has 1 heterocycles. The van der Waals surface area contributed by atoms with Gasteiger partial charge in [-0.05, 0) is 38.6 Å². The number of nitrogens with one attached hydrogen (secondary N) is 1. The molecule has 1 fully saturated rings. The number of thiazole rings is 1. The van der Waals surface area contributed by atoms with Crippen LogP contribution in [-0.2, 0) is 6.42 Å². The van der Waals surface area contributed by atoms with E-state index in [-0.39, 0.29) is 0 Å². The molecule has 0 radical (unpaired) electrons. The number of aromatic nitrogens is 1. The fourth-order valence-corrected chi connectivity index (χ4v) is 3.93. The first kappa shape index (κ1) is 14.0. The predicted molar refractivity (Wildman–Crippen MR) is 79.1 cm³/mol. The number of likely N-dealkylation sites (N-methyl/N-ethyl adjacent to an activating group) is 1. The minimum absolute atomic E-state index is 0.612. The molecular weight excluding hydrogens is 240 g/mol. The molecule has 0 amide bonds. The van der Waals surface area contributed by atoms with E-state index >= 15 is 0 Å². The fraction of sp³-hybridized carbons (Fsp3) is 0.800. The van der Waals surface area contributed by atoms with Crippen molar-refractivity contribution < 1.29 is 0 Å². The summed E-state index contributed by atoms with van der Waals surface area (Å²) in [5, 5.41) is 6.95. The Morgan fingerprint density at radius 2 is 2.33 bits per heavy atom. The Bertz CT molecular complexity index is 361. The Morgan fingerprint density at radius 3 is 2.94 bits per heavy atom. The average molecular weight is 266 g/mol. The molecule has 2 nitrogen and oxygen atoms in total. The Balaban J connectivity index is 1.95. The van der Waals surface area contributed by atoms with E-state index in [9.17, 15) is 0 Å². The second-order valence-corrected chi connectivity index (χ2v) is 6.72. The second kappa shape index (κ2) is 6.67. The third-order valence-corrected chi connectivity index (χ3v) is 5.26. The summed E-state index contributed by atoms with van der Waals surface area (Å²) < 4.78 is 0. The fourth-order valence-electron chi connectivity index (χ4n) is 3.30. The van der Waals surface area contributed by atoms with Crippen LogP contribution in [0.3, 0.4) is 0 Å². The number of nitrogens with zero attached hydrogens (tertiary/aromatic N) is 1. The average Bonchev–Trinajstić information content (AvgIpc) is 2.81. The van der Waals surface area contributed by atoms with Crippen LogP contribution in [0.5, 0.6) is 0 Å². The summed E-state index contributed by atoms with van der Waals surface area (Å²) in [5.74, 6) is 1.80. The van der Waals surface area contributed by atoms with Gasteiger partial charge in [-0.1, -0.05) is 26.2 Å². The Labute approximate surface area is 115 Å². The summed E-state index contributed by atoms with van der Waals surface area (Å²) in [6.45, 7) is 4.43. The summed E-state index contributed by atoms with van der Waals surface area (Å²) in [6.07, 6.45) is 8.11. The van der Waals surface area contributed by atoms with Gasteiger partial charge in [-0.15, -0.1) is 11.3 Å². The van der Waals surface area contributed by atoms with Crippen LogP contribution in [0.25, 0.3) is 0 Å². The number of hydrogen-bond acceptors (Lipinski definition) is 3. The monoisotopic (exact) mass is 266 g/mol. The lowest BCUT2D eigenvalue weighted by Gasteiger charge is -2.34. The molecule has 0 bridgehead atoms. The van der Waals surface area contributed by atoms with Crippen molar-refractivity contribution in [2.75, 3.05) is 7.05 Å². The molecule has 3 atom stereocenters. The van der Waals surface area contributed by atoms with E-state index < -0.39 is 0 Å². The number of hydrogen-bond donors (Lipinski definition) is 1. The molecule has 3 unspecified atom stereocenters. The molecule has 2 rings (SSSR count). The van der Waals surface area contributed by atoms with E-state index in [0.29, 0.717) is 6.04 Å². The molecule has 0 saturated heterocycles. The predicted octanol–water partition coefficient (Wildman–Crippen LogP) is 3.80. The zero-order valence-corrected chi connectivity index (χ0v) is 12.7. The van der Waals surface area contributed by atoms with Crippen LogP contribution in [0.15, 0.2) is 5.38 Å². The Morgan fingerprint density at radius 1 is 1.50 bits per heavy atom. The standard InChI is InChI=1S/C15H26N2S/c1-4-12-6-5-7-13(8-12)15(16-3)9-14-10-18-11(2)17-14/h10,12-13,15-16H,4-9H2,1-3H3. The van der Waals surface area contributed by atoms with Crippen LogP contribution in [0, 0.1) is 18.8 Å². The summed E-state index contributed by atoms with van der Waals surface area (Å²) in [5.41, 5.74) is 1.27. The van der Waals surface area contributed by atoms with Crippen molar-refractivity contribution in [2.45, 2.75) is 58.4 Å². The normalized spacial score (nSPS) is 26.2. The van der Waals surface area contributed by atoms with Crippen molar-refractivity contribution in [1.29, 1.82) is 0 Å². The molecule has 1 aliphatic rings. The van der Waals surface area contributed by atoms with Crippen molar-refractivity contribution >= 4 is 11.3 Å². The molecular formula is C15H26N2S. The quantitative estimate of drug-likeness (QED) is 0.877. The third kappa shape index (κ3) is 3.55. The minimum atomic E-state index is 0.612. The lowest BCUT2D eigenvalue weighted by atomic mass is 9.76. The van der Waals surface area contributed by atoms with Crippen LogP contribution in [0.1, 0.15) is 49.7 Å². The molecule has 0 spiro atoms. The highest BCUT2D eigenvalue weighted by Crippen LogP contribution is 2.33. The van der Waals surface area contributed by atoms with Crippen LogP contribution < -0.4 is 5.32 Å². The molecule has 0 aliphatic heterocycles. The SMILES string of the molecule is CCC1CCCC(C(Cc2csc(C)n2)NC)C1. The van der Waals surface area contributed by atoms with Crippen LogP contribution >= 0.6 is 11.3 Å². The number of rotatable bonds is 5. The molecule has 1 aromatic rings. The van der Waals surface area contributed by atoms with Gasteiger partial charge in [-0.25, -0.2) is 4.98 Å². The lowest BCUT2D eigenvalue weighted by Crippen LogP contribution is -2.38. The second-order valence-electron chi connectivity index (χ2n) is 5.66. The zero-order chi connectivity index (χ0) is 13.0. The van der Waals surface area contributed by atoms with Gasteiger partial charge in [0.1, 0.15) is 0 Å². The van der Waals surface area contributed by atoms with Gasteiger partial charge in [-0.2, -0.15) is 0 Å². The van der Waals surface area contributed by atoms with Crippen molar-refractivity contribution in [3.63, 3.8) is 0 Å². The lowest BCUT2D eigenvalue weighted by molar-refractivity contribution is 0.212. The highest BCUT2D eigenvalue weighted by Gasteiger charge is 2.27. The Hall–Kier alpha value is -0.410. The van der Waals surface area contributed by atoms with Crippen molar-refractivity contribution in [3.8, 4) is 0 Å². The van der Waals surface area contributed by atoms with E-state index in [2.05, 4.69) is 36.6 Å². The van der Waals surface area contributed by atoms with Gasteiger partial charge in [0.15, 0.2) is 0 Å². The van der Waals surface area contributed by atoms with Gasteiger partial charge in [0.2, 0.25) is 0 Å². The largest absolute Gasteiger partial charge is 0.316 e. The third-order valence-electron chi connectivity index (χ3n) is 4.44. The highest BCUT2D eigenvalue weighted by molar-refractivity contribution is 7.09. The van der Waals surface area contributed by atoms with E-state index in [1.807, 2.05) is 0 Å². The molecule has 1 N–H and O–H groups in total. The van der Waals surface area contributed by atoms with Gasteiger partial charge in [0.05, 0.1) is 10.7 Å².